The van der Waals surface area contributed by atoms with Crippen molar-refractivity contribution in [3.05, 3.63) is 66.9 Å². The second-order valence-corrected chi connectivity index (χ2v) is 5.51. The van der Waals surface area contributed by atoms with Gasteiger partial charge in [-0.1, -0.05) is 12.1 Å². The minimum atomic E-state index is -0.287. The van der Waals surface area contributed by atoms with Crippen molar-refractivity contribution in [2.24, 2.45) is 0 Å². The fourth-order valence-corrected chi connectivity index (χ4v) is 2.68. The normalized spacial score (nSPS) is 11.0. The van der Waals surface area contributed by atoms with Crippen LogP contribution in [0.4, 0.5) is 16.0 Å². The Balaban J connectivity index is 1.82. The number of fused-ring (bicyclic) bond motifs is 1. The van der Waals surface area contributed by atoms with Gasteiger partial charge in [0.05, 0.1) is 6.20 Å². The van der Waals surface area contributed by atoms with Gasteiger partial charge in [-0.3, -0.25) is 0 Å². The van der Waals surface area contributed by atoms with E-state index in [1.165, 1.54) is 12.1 Å². The van der Waals surface area contributed by atoms with Crippen LogP contribution in [0.1, 0.15) is 0 Å². The molecule has 4 aromatic rings. The third-order valence-corrected chi connectivity index (χ3v) is 3.88. The quantitative estimate of drug-likeness (QED) is 0.593. The zero-order valence-corrected chi connectivity index (χ0v) is 12.6. The summed E-state index contributed by atoms with van der Waals surface area (Å²) >= 11 is 0. The van der Waals surface area contributed by atoms with Gasteiger partial charge in [0, 0.05) is 29.1 Å². The van der Waals surface area contributed by atoms with E-state index in [0.717, 1.165) is 27.9 Å². The Labute approximate surface area is 137 Å². The number of anilines is 2. The monoisotopic (exact) mass is 319 g/mol. The van der Waals surface area contributed by atoms with Crippen LogP contribution in [-0.4, -0.2) is 14.4 Å². The first-order chi connectivity index (χ1) is 11.6. The summed E-state index contributed by atoms with van der Waals surface area (Å²) in [5.41, 5.74) is 15.9. The maximum absolute atomic E-state index is 13.1. The molecule has 118 valence electrons. The first kappa shape index (κ1) is 14.2. The van der Waals surface area contributed by atoms with Crippen LogP contribution in [0.5, 0.6) is 0 Å². The predicted molar refractivity (Wildman–Crippen MR) is 92.6 cm³/mol. The molecule has 0 bridgehead atoms. The highest BCUT2D eigenvalue weighted by molar-refractivity contribution is 5.79. The Bertz CT molecular complexity index is 1040. The number of hydrogen-bond acceptors (Lipinski definition) is 4. The van der Waals surface area contributed by atoms with Gasteiger partial charge in [0.15, 0.2) is 0 Å². The standard InChI is InChI=1S/C18H14FN5/c19-14-4-1-11(2-5-14)15-7-13(8-22-18(15)21)12-3-6-17-23-16(20)10-24(17)9-12/h1-10H,20H2,(H2,21,22). The number of rotatable bonds is 2. The fourth-order valence-electron chi connectivity index (χ4n) is 2.68. The molecule has 0 saturated heterocycles. The molecule has 0 amide bonds. The fraction of sp³-hybridized carbons (Fsp3) is 0. The van der Waals surface area contributed by atoms with Gasteiger partial charge in [-0.25, -0.2) is 14.4 Å². The largest absolute Gasteiger partial charge is 0.383 e. The van der Waals surface area contributed by atoms with Crippen molar-refractivity contribution in [2.45, 2.75) is 0 Å². The molecule has 0 aliphatic heterocycles. The molecular formula is C18H14FN5. The minimum Gasteiger partial charge on any atom is -0.383 e. The summed E-state index contributed by atoms with van der Waals surface area (Å²) in [4.78, 5) is 8.48. The lowest BCUT2D eigenvalue weighted by molar-refractivity contribution is 0.628. The van der Waals surface area contributed by atoms with Crippen LogP contribution in [0.15, 0.2) is 61.1 Å². The second-order valence-electron chi connectivity index (χ2n) is 5.51. The van der Waals surface area contributed by atoms with Gasteiger partial charge in [0.1, 0.15) is 23.1 Å². The topological polar surface area (TPSA) is 82.2 Å². The minimum absolute atomic E-state index is 0.287. The molecule has 5 nitrogen and oxygen atoms in total. The molecule has 0 fully saturated rings. The molecular weight excluding hydrogens is 305 g/mol. The van der Waals surface area contributed by atoms with Gasteiger partial charge in [-0.2, -0.15) is 0 Å². The van der Waals surface area contributed by atoms with E-state index < -0.39 is 0 Å². The lowest BCUT2D eigenvalue weighted by Gasteiger charge is -2.09. The van der Waals surface area contributed by atoms with E-state index >= 15 is 0 Å². The molecule has 6 heteroatoms. The number of halogens is 1. The number of nitrogens with two attached hydrogens (primary N) is 2. The first-order valence-corrected chi connectivity index (χ1v) is 7.36. The molecule has 0 unspecified atom stereocenters. The number of hydrogen-bond donors (Lipinski definition) is 2. The number of nitrogens with zero attached hydrogens (tertiary/aromatic N) is 3. The van der Waals surface area contributed by atoms with Gasteiger partial charge in [-0.15, -0.1) is 0 Å². The summed E-state index contributed by atoms with van der Waals surface area (Å²) in [7, 11) is 0. The van der Waals surface area contributed by atoms with Crippen LogP contribution in [0.25, 0.3) is 27.9 Å². The van der Waals surface area contributed by atoms with E-state index in [4.69, 9.17) is 11.5 Å². The van der Waals surface area contributed by atoms with Crippen molar-refractivity contribution < 1.29 is 4.39 Å². The van der Waals surface area contributed by atoms with Crippen molar-refractivity contribution in [1.82, 2.24) is 14.4 Å². The molecule has 0 saturated carbocycles. The maximum atomic E-state index is 13.1. The van der Waals surface area contributed by atoms with Gasteiger partial charge in [0.25, 0.3) is 0 Å². The molecule has 0 atom stereocenters. The van der Waals surface area contributed by atoms with Gasteiger partial charge < -0.3 is 15.9 Å². The second kappa shape index (κ2) is 5.34. The molecule has 1 aromatic carbocycles. The van der Waals surface area contributed by atoms with Gasteiger partial charge in [-0.05, 0) is 35.9 Å². The summed E-state index contributed by atoms with van der Waals surface area (Å²) in [5.74, 6) is 0.581. The third-order valence-electron chi connectivity index (χ3n) is 3.88. The van der Waals surface area contributed by atoms with Crippen molar-refractivity contribution >= 4 is 17.3 Å². The highest BCUT2D eigenvalue weighted by Gasteiger charge is 2.08. The van der Waals surface area contributed by atoms with E-state index in [2.05, 4.69) is 9.97 Å². The summed E-state index contributed by atoms with van der Waals surface area (Å²) in [6.45, 7) is 0. The summed E-state index contributed by atoms with van der Waals surface area (Å²) in [6.07, 6.45) is 5.40. The molecule has 3 heterocycles. The van der Waals surface area contributed by atoms with E-state index in [9.17, 15) is 4.39 Å². The average molecular weight is 319 g/mol. The zero-order chi connectivity index (χ0) is 16.7. The van der Waals surface area contributed by atoms with E-state index in [0.29, 0.717) is 11.6 Å². The highest BCUT2D eigenvalue weighted by Crippen LogP contribution is 2.30. The Morgan fingerprint density at radius 3 is 2.42 bits per heavy atom. The molecule has 0 aliphatic carbocycles. The lowest BCUT2D eigenvalue weighted by Crippen LogP contribution is -1.95. The van der Waals surface area contributed by atoms with Crippen molar-refractivity contribution in [1.29, 1.82) is 0 Å². The van der Waals surface area contributed by atoms with Crippen LogP contribution in [-0.2, 0) is 0 Å². The van der Waals surface area contributed by atoms with E-state index in [-0.39, 0.29) is 5.82 Å². The molecule has 0 spiro atoms. The molecule has 0 radical (unpaired) electrons. The van der Waals surface area contributed by atoms with Crippen molar-refractivity contribution in [3.63, 3.8) is 0 Å². The Hall–Kier alpha value is -3.41. The lowest BCUT2D eigenvalue weighted by atomic mass is 10.0. The van der Waals surface area contributed by atoms with Crippen molar-refractivity contribution in [2.75, 3.05) is 11.5 Å². The third kappa shape index (κ3) is 2.44. The number of pyridine rings is 2. The summed E-state index contributed by atoms with van der Waals surface area (Å²) < 4.78 is 15.0. The Morgan fingerprint density at radius 1 is 0.875 bits per heavy atom. The average Bonchev–Trinajstić information content (AvgIpc) is 2.95. The van der Waals surface area contributed by atoms with Crippen LogP contribution < -0.4 is 11.5 Å². The Kier molecular flexibility index (Phi) is 3.16. The van der Waals surface area contributed by atoms with Gasteiger partial charge in [0.2, 0.25) is 0 Å². The number of nitrogen functional groups attached to an aromatic ring is 2. The van der Waals surface area contributed by atoms with Crippen LogP contribution >= 0.6 is 0 Å². The smallest absolute Gasteiger partial charge is 0.142 e. The first-order valence-electron chi connectivity index (χ1n) is 7.36. The molecule has 24 heavy (non-hydrogen) atoms. The highest BCUT2D eigenvalue weighted by atomic mass is 19.1. The number of benzene rings is 1. The molecule has 4 rings (SSSR count). The van der Waals surface area contributed by atoms with Crippen LogP contribution in [0.3, 0.4) is 0 Å². The Morgan fingerprint density at radius 2 is 1.62 bits per heavy atom. The van der Waals surface area contributed by atoms with Crippen molar-refractivity contribution in [3.8, 4) is 22.3 Å². The molecule has 0 aliphatic rings. The van der Waals surface area contributed by atoms with E-state index in [1.54, 1.807) is 24.5 Å². The van der Waals surface area contributed by atoms with Crippen LogP contribution in [0.2, 0.25) is 0 Å². The van der Waals surface area contributed by atoms with Gasteiger partial charge >= 0.3 is 0 Å². The number of aromatic nitrogens is 3. The summed E-state index contributed by atoms with van der Waals surface area (Å²) in [5, 5.41) is 0. The zero-order valence-electron chi connectivity index (χ0n) is 12.6. The molecule has 3 aromatic heterocycles. The SMILES string of the molecule is Nc1cn2cc(-c3cnc(N)c(-c4ccc(F)cc4)c3)ccc2n1. The predicted octanol–water partition coefficient (Wildman–Crippen LogP) is 3.37. The summed E-state index contributed by atoms with van der Waals surface area (Å²) in [6, 6.07) is 12.0. The van der Waals surface area contributed by atoms with E-state index in [1.807, 2.05) is 28.8 Å². The maximum Gasteiger partial charge on any atom is 0.142 e. The number of imidazole rings is 1. The van der Waals surface area contributed by atoms with Crippen LogP contribution in [0, 0.1) is 5.82 Å². The molecule has 4 N–H and O–H groups in total.